The molecule has 0 bridgehead atoms. The lowest BCUT2D eigenvalue weighted by atomic mass is 10.1. The van der Waals surface area contributed by atoms with Crippen LogP contribution in [0.25, 0.3) is 0 Å². The van der Waals surface area contributed by atoms with E-state index in [1.807, 2.05) is 0 Å². The third-order valence-electron chi connectivity index (χ3n) is 3.31. The summed E-state index contributed by atoms with van der Waals surface area (Å²) in [5.74, 6) is 0.951. The minimum atomic E-state index is -0.995. The molecule has 0 spiro atoms. The van der Waals surface area contributed by atoms with E-state index < -0.39 is 12.2 Å². The predicted octanol–water partition coefficient (Wildman–Crippen LogP) is 3.32. The van der Waals surface area contributed by atoms with Crippen LogP contribution in [0.1, 0.15) is 51.2 Å². The van der Waals surface area contributed by atoms with Gasteiger partial charge >= 0.3 is 0 Å². The van der Waals surface area contributed by atoms with E-state index in [-0.39, 0.29) is 10.9 Å². The standard InChI is InChI=1S/C17H26O4S/c1-3-4-5-6-11-21-15-9-7-14(8-10-15)17(20)16(19)12-22-13(2)18/h7-10,16-17,19-20H,3-6,11-12H2,1-2H3. The molecule has 5 heteroatoms. The van der Waals surface area contributed by atoms with Crippen molar-refractivity contribution in [1.29, 1.82) is 0 Å². The highest BCUT2D eigenvalue weighted by Crippen LogP contribution is 2.22. The van der Waals surface area contributed by atoms with Crippen LogP contribution in [-0.4, -0.2) is 33.8 Å². The smallest absolute Gasteiger partial charge is 0.185 e. The van der Waals surface area contributed by atoms with Gasteiger partial charge in [-0.2, -0.15) is 0 Å². The first-order valence-corrected chi connectivity index (χ1v) is 8.75. The summed E-state index contributed by atoms with van der Waals surface area (Å²) in [4.78, 5) is 10.9. The number of carbonyl (C=O) groups is 1. The van der Waals surface area contributed by atoms with Gasteiger partial charge in [0.2, 0.25) is 0 Å². The average Bonchev–Trinajstić information content (AvgIpc) is 2.52. The summed E-state index contributed by atoms with van der Waals surface area (Å²) in [5, 5.41) is 19.8. The molecule has 124 valence electrons. The summed E-state index contributed by atoms with van der Waals surface area (Å²) in [6, 6.07) is 7.08. The van der Waals surface area contributed by atoms with Crippen LogP contribution in [0.5, 0.6) is 5.75 Å². The highest BCUT2D eigenvalue weighted by molar-refractivity contribution is 8.13. The second-order valence-electron chi connectivity index (χ2n) is 5.29. The molecule has 0 saturated heterocycles. The maximum atomic E-state index is 10.9. The quantitative estimate of drug-likeness (QED) is 0.646. The van der Waals surface area contributed by atoms with E-state index >= 15 is 0 Å². The van der Waals surface area contributed by atoms with Gasteiger partial charge in [-0.15, -0.1) is 0 Å². The molecule has 0 amide bonds. The monoisotopic (exact) mass is 326 g/mol. The fourth-order valence-electron chi connectivity index (χ4n) is 2.00. The van der Waals surface area contributed by atoms with Crippen LogP contribution in [0.15, 0.2) is 24.3 Å². The fourth-order valence-corrected chi connectivity index (χ4v) is 2.58. The number of thioether (sulfide) groups is 1. The predicted molar refractivity (Wildman–Crippen MR) is 90.2 cm³/mol. The van der Waals surface area contributed by atoms with E-state index in [2.05, 4.69) is 6.92 Å². The molecule has 1 aromatic carbocycles. The Kier molecular flexibility index (Phi) is 9.20. The number of hydrogen-bond acceptors (Lipinski definition) is 5. The summed E-state index contributed by atoms with van der Waals surface area (Å²) in [6.45, 7) is 4.31. The van der Waals surface area contributed by atoms with Crippen molar-refractivity contribution in [2.45, 2.75) is 51.7 Å². The molecule has 2 unspecified atom stereocenters. The average molecular weight is 326 g/mol. The molecule has 1 rings (SSSR count). The van der Waals surface area contributed by atoms with E-state index in [1.54, 1.807) is 24.3 Å². The number of aliphatic hydroxyl groups excluding tert-OH is 2. The van der Waals surface area contributed by atoms with Gasteiger partial charge in [0.15, 0.2) is 5.12 Å². The van der Waals surface area contributed by atoms with Crippen LogP contribution in [0, 0.1) is 0 Å². The van der Waals surface area contributed by atoms with Gasteiger partial charge in [0.25, 0.3) is 0 Å². The zero-order valence-electron chi connectivity index (χ0n) is 13.3. The number of benzene rings is 1. The Bertz CT molecular complexity index is 433. The Labute approximate surface area is 136 Å². The van der Waals surface area contributed by atoms with Crippen LogP contribution in [0.4, 0.5) is 0 Å². The van der Waals surface area contributed by atoms with Gasteiger partial charge in [0, 0.05) is 12.7 Å². The molecular weight excluding hydrogens is 300 g/mol. The van der Waals surface area contributed by atoms with Gasteiger partial charge < -0.3 is 14.9 Å². The van der Waals surface area contributed by atoms with Crippen molar-refractivity contribution in [2.24, 2.45) is 0 Å². The Morgan fingerprint density at radius 1 is 1.18 bits per heavy atom. The number of unbranched alkanes of at least 4 members (excludes halogenated alkanes) is 3. The molecule has 0 saturated carbocycles. The molecule has 22 heavy (non-hydrogen) atoms. The minimum absolute atomic E-state index is 0.0712. The van der Waals surface area contributed by atoms with Gasteiger partial charge in [0.05, 0.1) is 12.7 Å². The third kappa shape index (κ3) is 7.29. The van der Waals surface area contributed by atoms with Crippen LogP contribution in [0.2, 0.25) is 0 Å². The van der Waals surface area contributed by atoms with Crippen molar-refractivity contribution in [2.75, 3.05) is 12.4 Å². The van der Waals surface area contributed by atoms with Crippen LogP contribution in [-0.2, 0) is 4.79 Å². The summed E-state index contributed by atoms with van der Waals surface area (Å²) >= 11 is 1.01. The highest BCUT2D eigenvalue weighted by Gasteiger charge is 2.19. The van der Waals surface area contributed by atoms with E-state index in [0.29, 0.717) is 12.2 Å². The first-order chi connectivity index (χ1) is 10.5. The Hall–Kier alpha value is -1.04. The number of rotatable bonds is 10. The molecule has 0 aromatic heterocycles. The first-order valence-electron chi connectivity index (χ1n) is 7.76. The lowest BCUT2D eigenvalue weighted by Crippen LogP contribution is -2.21. The lowest BCUT2D eigenvalue weighted by molar-refractivity contribution is -0.109. The molecule has 0 fully saturated rings. The van der Waals surface area contributed by atoms with Gasteiger partial charge in [-0.1, -0.05) is 50.1 Å². The first kappa shape index (κ1) is 19.0. The Morgan fingerprint density at radius 3 is 2.45 bits per heavy atom. The van der Waals surface area contributed by atoms with Crippen LogP contribution < -0.4 is 4.74 Å². The second kappa shape index (κ2) is 10.6. The van der Waals surface area contributed by atoms with Gasteiger partial charge in [-0.3, -0.25) is 4.79 Å². The molecule has 0 aliphatic rings. The second-order valence-corrected chi connectivity index (χ2v) is 6.49. The Balaban J connectivity index is 2.41. The topological polar surface area (TPSA) is 66.8 Å². The maximum Gasteiger partial charge on any atom is 0.185 e. The van der Waals surface area contributed by atoms with Crippen molar-refractivity contribution in [1.82, 2.24) is 0 Å². The van der Waals surface area contributed by atoms with Crippen molar-refractivity contribution in [3.8, 4) is 5.75 Å². The maximum absolute atomic E-state index is 10.9. The Morgan fingerprint density at radius 2 is 1.86 bits per heavy atom. The summed E-state index contributed by atoms with van der Waals surface area (Å²) in [6.07, 6.45) is 2.69. The fraction of sp³-hybridized carbons (Fsp3) is 0.588. The molecule has 4 nitrogen and oxygen atoms in total. The third-order valence-corrected chi connectivity index (χ3v) is 4.22. The molecule has 0 radical (unpaired) electrons. The van der Waals surface area contributed by atoms with Crippen LogP contribution >= 0.6 is 11.8 Å². The van der Waals surface area contributed by atoms with Gasteiger partial charge in [0.1, 0.15) is 11.9 Å². The molecule has 0 heterocycles. The summed E-state index contributed by atoms with van der Waals surface area (Å²) in [7, 11) is 0. The minimum Gasteiger partial charge on any atom is -0.494 e. The zero-order valence-corrected chi connectivity index (χ0v) is 14.1. The van der Waals surface area contributed by atoms with E-state index in [1.165, 1.54) is 26.2 Å². The normalized spacial score (nSPS) is 13.6. The van der Waals surface area contributed by atoms with E-state index in [4.69, 9.17) is 4.74 Å². The highest BCUT2D eigenvalue weighted by atomic mass is 32.2. The van der Waals surface area contributed by atoms with Crippen LogP contribution in [0.3, 0.4) is 0 Å². The number of aliphatic hydroxyl groups is 2. The number of hydrogen-bond donors (Lipinski definition) is 2. The van der Waals surface area contributed by atoms with Crippen molar-refractivity contribution >= 4 is 16.9 Å². The molecule has 1 aromatic rings. The SMILES string of the molecule is CCCCCCOc1ccc(C(O)C(O)CSC(C)=O)cc1. The van der Waals surface area contributed by atoms with Crippen molar-refractivity contribution < 1.29 is 19.7 Å². The van der Waals surface area contributed by atoms with E-state index in [9.17, 15) is 15.0 Å². The molecular formula is C17H26O4S. The zero-order chi connectivity index (χ0) is 16.4. The summed E-state index contributed by atoms with van der Waals surface area (Å²) in [5.41, 5.74) is 0.620. The number of ether oxygens (including phenoxy) is 1. The van der Waals surface area contributed by atoms with Gasteiger partial charge in [-0.05, 0) is 24.1 Å². The summed E-state index contributed by atoms with van der Waals surface area (Å²) < 4.78 is 5.63. The molecule has 2 N–H and O–H groups in total. The van der Waals surface area contributed by atoms with Crippen molar-refractivity contribution in [3.05, 3.63) is 29.8 Å². The largest absolute Gasteiger partial charge is 0.494 e. The number of carbonyl (C=O) groups excluding carboxylic acids is 1. The van der Waals surface area contributed by atoms with Crippen molar-refractivity contribution in [3.63, 3.8) is 0 Å². The van der Waals surface area contributed by atoms with Gasteiger partial charge in [-0.25, -0.2) is 0 Å². The van der Waals surface area contributed by atoms with E-state index in [0.717, 1.165) is 23.9 Å². The molecule has 0 aliphatic heterocycles. The molecule has 2 atom stereocenters. The molecule has 0 aliphatic carbocycles. The lowest BCUT2D eigenvalue weighted by Gasteiger charge is -2.17.